The van der Waals surface area contributed by atoms with Crippen molar-refractivity contribution < 1.29 is 14.9 Å². The fourth-order valence-corrected chi connectivity index (χ4v) is 2.99. The number of nitrogen functional groups attached to an aromatic ring is 1. The SMILES string of the molecule is Nc1ncnc2c1ncn2[C@@H]1O[C@]2(CO)CN[C@H]1[C@H]2O. The van der Waals surface area contributed by atoms with Crippen molar-refractivity contribution in [2.45, 2.75) is 24.0 Å². The van der Waals surface area contributed by atoms with Gasteiger partial charge in [-0.2, -0.15) is 0 Å². The summed E-state index contributed by atoms with van der Waals surface area (Å²) in [6.45, 7) is 0.160. The fraction of sp³-hybridized carbons (Fsp3) is 0.545. The summed E-state index contributed by atoms with van der Waals surface area (Å²) in [6, 6.07) is -0.323. The lowest BCUT2D eigenvalue weighted by atomic mass is 10.0. The zero-order valence-corrected chi connectivity index (χ0v) is 10.5. The first kappa shape index (κ1) is 12.0. The number of nitrogens with two attached hydrogens (primary N) is 1. The van der Waals surface area contributed by atoms with Gasteiger partial charge >= 0.3 is 0 Å². The lowest BCUT2D eigenvalue weighted by Crippen LogP contribution is -2.46. The third-order valence-corrected chi connectivity index (χ3v) is 4.11. The highest BCUT2D eigenvalue weighted by molar-refractivity contribution is 5.81. The normalized spacial score (nSPS) is 36.0. The van der Waals surface area contributed by atoms with Gasteiger partial charge in [-0.15, -0.1) is 0 Å². The van der Waals surface area contributed by atoms with Crippen LogP contribution in [-0.4, -0.2) is 60.6 Å². The molecular weight excluding hydrogens is 264 g/mol. The average molecular weight is 278 g/mol. The Morgan fingerprint density at radius 1 is 1.50 bits per heavy atom. The molecule has 0 radical (unpaired) electrons. The Kier molecular flexibility index (Phi) is 2.31. The molecule has 9 heteroatoms. The van der Waals surface area contributed by atoms with Crippen LogP contribution in [0, 0.1) is 0 Å². The third kappa shape index (κ3) is 1.32. The third-order valence-electron chi connectivity index (χ3n) is 4.11. The van der Waals surface area contributed by atoms with Gasteiger partial charge in [0, 0.05) is 6.54 Å². The Hall–Kier alpha value is -1.81. The molecule has 20 heavy (non-hydrogen) atoms. The average Bonchev–Trinajstić information content (AvgIpc) is 3.10. The van der Waals surface area contributed by atoms with Gasteiger partial charge in [0.25, 0.3) is 0 Å². The Bertz CT molecular complexity index is 675. The van der Waals surface area contributed by atoms with E-state index in [4.69, 9.17) is 10.5 Å². The second kappa shape index (κ2) is 3.85. The van der Waals surface area contributed by atoms with Crippen molar-refractivity contribution in [3.63, 3.8) is 0 Å². The minimum atomic E-state index is -0.968. The molecule has 2 aliphatic heterocycles. The number of hydrogen-bond donors (Lipinski definition) is 4. The second-order valence-corrected chi connectivity index (χ2v) is 5.17. The van der Waals surface area contributed by atoms with Crippen LogP contribution in [-0.2, 0) is 4.74 Å². The van der Waals surface area contributed by atoms with Gasteiger partial charge in [0.05, 0.1) is 19.0 Å². The summed E-state index contributed by atoms with van der Waals surface area (Å²) in [7, 11) is 0. The molecule has 9 nitrogen and oxygen atoms in total. The molecule has 2 fully saturated rings. The van der Waals surface area contributed by atoms with Crippen LogP contribution in [0.25, 0.3) is 11.2 Å². The van der Waals surface area contributed by atoms with E-state index < -0.39 is 17.9 Å². The van der Waals surface area contributed by atoms with E-state index in [1.54, 1.807) is 10.9 Å². The van der Waals surface area contributed by atoms with Gasteiger partial charge < -0.3 is 26.0 Å². The topological polar surface area (TPSA) is 131 Å². The number of hydrogen-bond acceptors (Lipinski definition) is 8. The summed E-state index contributed by atoms with van der Waals surface area (Å²) in [5.74, 6) is 0.294. The van der Waals surface area contributed by atoms with Gasteiger partial charge in [0.1, 0.15) is 23.5 Å². The number of nitrogens with zero attached hydrogens (tertiary/aromatic N) is 4. The number of anilines is 1. The van der Waals surface area contributed by atoms with Crippen LogP contribution < -0.4 is 11.1 Å². The summed E-state index contributed by atoms with van der Waals surface area (Å²) in [4.78, 5) is 12.2. The number of morpholine rings is 1. The minimum Gasteiger partial charge on any atom is -0.393 e. The van der Waals surface area contributed by atoms with Crippen LogP contribution in [0.1, 0.15) is 6.23 Å². The molecule has 2 aromatic heterocycles. The van der Waals surface area contributed by atoms with Crippen LogP contribution >= 0.6 is 0 Å². The Labute approximate surface area is 113 Å². The van der Waals surface area contributed by atoms with Crippen LogP contribution in [0.15, 0.2) is 12.7 Å². The molecule has 2 saturated heterocycles. The summed E-state index contributed by atoms with van der Waals surface area (Å²) in [5, 5.41) is 22.9. The number of rotatable bonds is 2. The Morgan fingerprint density at radius 3 is 3.10 bits per heavy atom. The molecule has 4 atom stereocenters. The molecule has 2 aromatic rings. The van der Waals surface area contributed by atoms with Crippen molar-refractivity contribution >= 4 is 17.0 Å². The minimum absolute atomic E-state index is 0.252. The summed E-state index contributed by atoms with van der Waals surface area (Å²) in [5.41, 5.74) is 5.81. The van der Waals surface area contributed by atoms with E-state index >= 15 is 0 Å². The predicted octanol–water partition coefficient (Wildman–Crippen LogP) is -2.00. The van der Waals surface area contributed by atoms with Gasteiger partial charge in [-0.3, -0.25) is 4.57 Å². The smallest absolute Gasteiger partial charge is 0.167 e. The molecule has 0 amide bonds. The largest absolute Gasteiger partial charge is 0.393 e. The van der Waals surface area contributed by atoms with Crippen LogP contribution in [0.2, 0.25) is 0 Å². The van der Waals surface area contributed by atoms with Gasteiger partial charge in [-0.05, 0) is 0 Å². The standard InChI is InChI=1S/C11H14N6O3/c12-8-6-9(15-3-14-8)17(4-16-6)10-5-7(19)11(2-18,20-10)1-13-5/h3-5,7,10,13,18-19H,1-2H2,(H2,12,14,15)/t5-,7+,10+,11-/m0/s1. The molecule has 0 spiro atoms. The van der Waals surface area contributed by atoms with Crippen molar-refractivity contribution in [1.29, 1.82) is 0 Å². The number of nitrogens with one attached hydrogen (secondary N) is 1. The molecule has 0 saturated carbocycles. The van der Waals surface area contributed by atoms with Crippen molar-refractivity contribution in [2.24, 2.45) is 0 Å². The van der Waals surface area contributed by atoms with E-state index in [-0.39, 0.29) is 12.6 Å². The van der Waals surface area contributed by atoms with E-state index in [9.17, 15) is 10.2 Å². The first-order valence-electron chi connectivity index (χ1n) is 6.29. The molecule has 2 aliphatic rings. The molecule has 4 rings (SSSR count). The van der Waals surface area contributed by atoms with E-state index in [0.717, 1.165) is 0 Å². The van der Waals surface area contributed by atoms with Crippen LogP contribution in [0.4, 0.5) is 5.82 Å². The summed E-state index contributed by atoms with van der Waals surface area (Å²) in [6.07, 6.45) is 1.63. The first-order chi connectivity index (χ1) is 9.66. The van der Waals surface area contributed by atoms with E-state index in [0.29, 0.717) is 23.5 Å². The number of fused-ring (bicyclic) bond motifs is 3. The van der Waals surface area contributed by atoms with E-state index in [1.165, 1.54) is 6.33 Å². The quantitative estimate of drug-likeness (QED) is 0.496. The van der Waals surface area contributed by atoms with Gasteiger partial charge in [-0.1, -0.05) is 0 Å². The maximum absolute atomic E-state index is 10.2. The van der Waals surface area contributed by atoms with Crippen LogP contribution in [0.3, 0.4) is 0 Å². The van der Waals surface area contributed by atoms with E-state index in [1.807, 2.05) is 0 Å². The number of aromatic nitrogens is 4. The molecule has 0 unspecified atom stereocenters. The zero-order valence-electron chi connectivity index (χ0n) is 10.5. The first-order valence-corrected chi connectivity index (χ1v) is 6.29. The van der Waals surface area contributed by atoms with Crippen molar-refractivity contribution in [3.8, 4) is 0 Å². The predicted molar refractivity (Wildman–Crippen MR) is 67.5 cm³/mol. The highest BCUT2D eigenvalue weighted by atomic mass is 16.6. The molecule has 0 aromatic carbocycles. The molecule has 4 heterocycles. The maximum Gasteiger partial charge on any atom is 0.167 e. The summed E-state index contributed by atoms with van der Waals surface area (Å²) < 4.78 is 7.56. The number of imidazole rings is 1. The summed E-state index contributed by atoms with van der Waals surface area (Å²) >= 11 is 0. The number of aliphatic hydroxyl groups excluding tert-OH is 2. The zero-order chi connectivity index (χ0) is 13.9. The van der Waals surface area contributed by atoms with Gasteiger partial charge in [0.15, 0.2) is 17.7 Å². The van der Waals surface area contributed by atoms with Gasteiger partial charge in [0.2, 0.25) is 0 Å². The highest BCUT2D eigenvalue weighted by Crippen LogP contribution is 2.42. The molecular formula is C11H14N6O3. The number of ether oxygens (including phenoxy) is 1. The lowest BCUT2D eigenvalue weighted by molar-refractivity contribution is -0.130. The molecule has 2 bridgehead atoms. The van der Waals surface area contributed by atoms with E-state index in [2.05, 4.69) is 20.3 Å². The lowest BCUT2D eigenvalue weighted by Gasteiger charge is -2.30. The van der Waals surface area contributed by atoms with Crippen molar-refractivity contribution in [2.75, 3.05) is 18.9 Å². The second-order valence-electron chi connectivity index (χ2n) is 5.17. The molecule has 5 N–H and O–H groups in total. The Balaban J connectivity index is 1.80. The van der Waals surface area contributed by atoms with Crippen molar-refractivity contribution in [3.05, 3.63) is 12.7 Å². The maximum atomic E-state index is 10.2. The van der Waals surface area contributed by atoms with Crippen molar-refractivity contribution in [1.82, 2.24) is 24.8 Å². The molecule has 106 valence electrons. The Morgan fingerprint density at radius 2 is 2.35 bits per heavy atom. The van der Waals surface area contributed by atoms with Crippen LogP contribution in [0.5, 0.6) is 0 Å². The highest BCUT2D eigenvalue weighted by Gasteiger charge is 2.60. The fourth-order valence-electron chi connectivity index (χ4n) is 2.99. The monoisotopic (exact) mass is 278 g/mol. The van der Waals surface area contributed by atoms with Gasteiger partial charge in [-0.25, -0.2) is 15.0 Å². The molecule has 0 aliphatic carbocycles. The number of aliphatic hydroxyl groups is 2.